The van der Waals surface area contributed by atoms with Gasteiger partial charge in [-0.2, -0.15) is 5.46 Å². The maximum atomic E-state index is 15.8. The van der Waals surface area contributed by atoms with Crippen molar-refractivity contribution in [2.45, 2.75) is 60.3 Å². The quantitative estimate of drug-likeness (QED) is 0.0515. The minimum atomic E-state index is -3.47. The molecule has 0 amide bonds. The molecule has 256 valence electrons. The summed E-state index contributed by atoms with van der Waals surface area (Å²) in [6, 6.07) is 0. The number of rotatable bonds is 7. The summed E-state index contributed by atoms with van der Waals surface area (Å²) < 4.78 is 150. The zero-order valence-corrected chi connectivity index (χ0v) is 29.4. The largest absolute Gasteiger partial charge is 0.298 e. The Balaban J connectivity index is 2.26. The highest BCUT2D eigenvalue weighted by Crippen LogP contribution is 2.66. The highest BCUT2D eigenvalue weighted by molar-refractivity contribution is 8.29. The van der Waals surface area contributed by atoms with E-state index in [0.29, 0.717) is 5.29 Å². The van der Waals surface area contributed by atoms with Gasteiger partial charge in [0, 0.05) is 23.0 Å². The first-order valence-electron chi connectivity index (χ1n) is 15.4. The Bertz CT molecular complexity index is 1650. The van der Waals surface area contributed by atoms with Crippen molar-refractivity contribution in [2.24, 2.45) is 17.8 Å². The van der Waals surface area contributed by atoms with Crippen molar-refractivity contribution in [1.82, 2.24) is 0 Å². The molecule has 1 saturated heterocycles. The van der Waals surface area contributed by atoms with Crippen LogP contribution in [0.1, 0.15) is 48.5 Å². The maximum Gasteiger partial charge on any atom is 0.259 e. The molecule has 0 unspecified atom stereocenters. The van der Waals surface area contributed by atoms with Gasteiger partial charge in [-0.25, -0.2) is 61.6 Å². The first-order chi connectivity index (χ1) is 21.7. The zero-order chi connectivity index (χ0) is 35.7. The van der Waals surface area contributed by atoms with E-state index in [2.05, 4.69) is 0 Å². The van der Waals surface area contributed by atoms with Gasteiger partial charge < -0.3 is 0 Å². The summed E-state index contributed by atoms with van der Waals surface area (Å²) in [5, 5.41) is 0.599. The number of hydrogen-bond acceptors (Lipinski definition) is 0. The summed E-state index contributed by atoms with van der Waals surface area (Å²) in [6.45, 7) is 10.7. The lowest BCUT2D eigenvalue weighted by Crippen LogP contribution is -2.62. The molecule has 4 rings (SSSR count). The minimum Gasteiger partial charge on any atom is -0.298 e. The predicted octanol–water partition coefficient (Wildman–Crippen LogP) is 8.59. The Morgan fingerprint density at radius 1 is 0.681 bits per heavy atom. The fourth-order valence-corrected chi connectivity index (χ4v) is 16.9. The molecule has 2 aliphatic rings. The average Bonchev–Trinajstić information content (AvgIpc) is 3.31. The van der Waals surface area contributed by atoms with Gasteiger partial charge in [0.2, 0.25) is 0 Å². The molecule has 0 bridgehead atoms. The van der Waals surface area contributed by atoms with Gasteiger partial charge >= 0.3 is 0 Å². The van der Waals surface area contributed by atoms with Crippen LogP contribution in [0.5, 0.6) is 0 Å². The van der Waals surface area contributed by atoms with E-state index < -0.39 is 97.6 Å². The number of benzene rings is 2. The highest BCUT2D eigenvalue weighted by Gasteiger charge is 2.56. The fraction of sp³-hybridized carbons (Fsp3) is 0.455. The third-order valence-electron chi connectivity index (χ3n) is 10.1. The van der Waals surface area contributed by atoms with Gasteiger partial charge in [-0.1, -0.05) is 18.5 Å². The van der Waals surface area contributed by atoms with Gasteiger partial charge in [0.05, 0.1) is 41.7 Å². The summed E-state index contributed by atoms with van der Waals surface area (Å²) >= 11 is 0. The molecule has 14 heteroatoms. The van der Waals surface area contributed by atoms with Crippen LogP contribution in [-0.2, 0) is 10.7 Å². The molecule has 0 N–H and O–H groups in total. The lowest BCUT2D eigenvalue weighted by atomic mass is 9.38. The fourth-order valence-electron chi connectivity index (χ4n) is 7.51. The Labute approximate surface area is 273 Å². The molecule has 47 heavy (non-hydrogen) atoms. The summed E-state index contributed by atoms with van der Waals surface area (Å²) in [5.41, 5.74) is -4.42. The molecule has 0 spiro atoms. The molecule has 0 aromatic heterocycles. The summed E-state index contributed by atoms with van der Waals surface area (Å²) in [6.07, 6.45) is 6.94. The van der Waals surface area contributed by atoms with Gasteiger partial charge in [-0.3, -0.25) is 6.76 Å². The first kappa shape index (κ1) is 37.7. The van der Waals surface area contributed by atoms with E-state index in [4.69, 9.17) is 0 Å². The van der Waals surface area contributed by atoms with Crippen LogP contribution >= 0.6 is 6.76 Å². The molecular weight excluding hydrogens is 671 g/mol. The molecule has 3 atom stereocenters. The van der Waals surface area contributed by atoms with Crippen LogP contribution in [0.4, 0.5) is 43.9 Å². The van der Waals surface area contributed by atoms with Gasteiger partial charge in [-0.15, -0.1) is 11.9 Å². The van der Waals surface area contributed by atoms with Crippen molar-refractivity contribution in [3.63, 3.8) is 0 Å². The number of hydrogen-bond donors (Lipinski definition) is 0. The van der Waals surface area contributed by atoms with Crippen LogP contribution in [-0.4, -0.2) is 41.9 Å². The zero-order valence-electron chi connectivity index (χ0n) is 27.7. The van der Waals surface area contributed by atoms with Crippen molar-refractivity contribution in [3.05, 3.63) is 87.4 Å². The van der Waals surface area contributed by atoms with Crippen molar-refractivity contribution in [1.29, 1.82) is 0 Å². The molecule has 1 fully saturated rings. The lowest BCUT2D eigenvalue weighted by Gasteiger charge is -2.50. The summed E-state index contributed by atoms with van der Waals surface area (Å²) in [7, 11) is -1.08. The Kier molecular flexibility index (Phi) is 10.7. The monoisotopic (exact) mass is 708 g/mol. The smallest absolute Gasteiger partial charge is 0.259 e. The number of halogens is 10. The third kappa shape index (κ3) is 5.73. The molecule has 1 aliphatic carbocycles. The van der Waals surface area contributed by atoms with E-state index in [1.807, 2.05) is 53.7 Å². The van der Waals surface area contributed by atoms with E-state index in [0.717, 1.165) is 24.1 Å². The van der Waals surface area contributed by atoms with Crippen molar-refractivity contribution in [2.75, 3.05) is 18.7 Å². The van der Waals surface area contributed by atoms with Crippen molar-refractivity contribution >= 4 is 46.2 Å². The first-order valence-corrected chi connectivity index (χ1v) is 19.6. The topological polar surface area (TPSA) is 0 Å². The SMILES string of the molecule is CC(C)C1=C[C+](C(C)C)C=C(C(C)C)C1=[P@@]1([B-]c2c(F)c(F)c(F)c(F)c2F)CC[B@@-](c2c(F)c(F)c(F)c(F)c2F)([S+](C)C)[C@@H]1C. The van der Waals surface area contributed by atoms with Crippen LogP contribution < -0.4 is 10.9 Å². The second-order valence-electron chi connectivity index (χ2n) is 13.7. The highest BCUT2D eigenvalue weighted by atomic mass is 32.2. The van der Waals surface area contributed by atoms with E-state index >= 15 is 17.6 Å². The lowest BCUT2D eigenvalue weighted by molar-refractivity contribution is 0.383. The molecule has 1 heterocycles. The molecule has 0 saturated carbocycles. The Morgan fingerprint density at radius 3 is 1.43 bits per heavy atom. The van der Waals surface area contributed by atoms with E-state index in [9.17, 15) is 26.3 Å². The van der Waals surface area contributed by atoms with Crippen LogP contribution in [0, 0.1) is 81.8 Å². The molecule has 2 aromatic rings. The van der Waals surface area contributed by atoms with Crippen molar-refractivity contribution < 1.29 is 43.9 Å². The van der Waals surface area contributed by atoms with Gasteiger partial charge in [0.25, 0.3) is 5.42 Å². The number of allylic oxidation sites excluding steroid dienone is 4. The normalized spacial score (nSPS) is 23.6. The molecule has 2 aromatic carbocycles. The van der Waals surface area contributed by atoms with Gasteiger partial charge in [0.1, 0.15) is 23.3 Å². The van der Waals surface area contributed by atoms with Crippen LogP contribution in [0.2, 0.25) is 6.32 Å². The Morgan fingerprint density at radius 2 is 1.06 bits per heavy atom. The van der Waals surface area contributed by atoms with E-state index in [1.54, 1.807) is 19.4 Å². The molecule has 1 aliphatic heterocycles. The molecular formula is C33H37B2F10PS. The second kappa shape index (κ2) is 13.3. The average molecular weight is 708 g/mol. The second-order valence-corrected chi connectivity index (χ2v) is 20.1. The van der Waals surface area contributed by atoms with Crippen LogP contribution in [0.3, 0.4) is 0 Å². The van der Waals surface area contributed by atoms with Crippen molar-refractivity contribution in [3.8, 4) is 0 Å². The van der Waals surface area contributed by atoms with Crippen LogP contribution in [0.15, 0.2) is 23.3 Å². The molecule has 0 nitrogen and oxygen atoms in total. The predicted molar refractivity (Wildman–Crippen MR) is 177 cm³/mol. The standard InChI is InChI=1S/C33H37B2F10PS/c1-14(2)18-12-19(15(3)4)33(20(13-18)16(5)6)46(34-21-23(36)27(40)31(44)28(41)24(21)37)11-10-35(17(46)7,47(8)9)22-25(38)29(42)32(45)30(43)26(22)39/h12-17H,10-11H2,1-9H3/t17-,35+,46+/m0/s1. The van der Waals surface area contributed by atoms with Crippen LogP contribution in [0.25, 0.3) is 0 Å². The van der Waals surface area contributed by atoms with E-state index in [1.165, 1.54) is 0 Å². The summed E-state index contributed by atoms with van der Waals surface area (Å²) in [5.74, 6) is -20.7. The van der Waals surface area contributed by atoms with Gasteiger partial charge in [-0.05, 0) is 41.5 Å². The maximum absolute atomic E-state index is 15.8. The Hall–Kier alpha value is -2.13. The van der Waals surface area contributed by atoms with Gasteiger partial charge in [0.15, 0.2) is 34.9 Å². The minimum absolute atomic E-state index is 0.0290. The van der Waals surface area contributed by atoms with E-state index in [-0.39, 0.29) is 30.2 Å². The third-order valence-corrected chi connectivity index (χ3v) is 17.9. The molecule has 2 radical (unpaired) electrons. The summed E-state index contributed by atoms with van der Waals surface area (Å²) in [4.78, 5) is 0.